The summed E-state index contributed by atoms with van der Waals surface area (Å²) in [6, 6.07) is 0. The van der Waals surface area contributed by atoms with Crippen LogP contribution in [0.25, 0.3) is 0 Å². The largest absolute Gasteiger partial charge is 0.248 e. The topological polar surface area (TPSA) is 95.4 Å². The van der Waals surface area contributed by atoms with Crippen molar-refractivity contribution in [3.63, 3.8) is 0 Å². The molecular formula is C4H4N4S4Si. The Morgan fingerprint density at radius 1 is 0.538 bits per heavy atom. The fraction of sp³-hybridized carbons (Fsp3) is 0. The third kappa shape index (κ3) is 2980. The van der Waals surface area contributed by atoms with Gasteiger partial charge in [0, 0.05) is 11.0 Å². The molecule has 4 nitrogen and oxygen atoms in total. The van der Waals surface area contributed by atoms with Crippen molar-refractivity contribution in [3.8, 4) is 0 Å². The van der Waals surface area contributed by atoms with Crippen molar-refractivity contribution in [2.45, 2.75) is 0 Å². The monoisotopic (exact) mass is 264 g/mol. The van der Waals surface area contributed by atoms with Crippen molar-refractivity contribution < 1.29 is 0 Å². The van der Waals surface area contributed by atoms with Gasteiger partial charge in [-0.25, -0.2) is 21.6 Å². The van der Waals surface area contributed by atoms with Crippen LogP contribution in [-0.2, 0) is 0 Å². The molecule has 0 saturated carbocycles. The average molecular weight is 264 g/mol. The molecule has 0 aliphatic rings. The molecule has 68 valence electrons. The molecule has 0 bridgehead atoms. The van der Waals surface area contributed by atoms with Crippen LogP contribution in [0, 0.1) is 21.6 Å². The first-order valence-corrected chi connectivity index (χ1v) is 3.45. The van der Waals surface area contributed by atoms with E-state index in [2.05, 4.69) is 48.9 Å². The van der Waals surface area contributed by atoms with Gasteiger partial charge in [-0.3, -0.25) is 0 Å². The molecule has 0 fully saturated rings. The number of hydrogen-bond donors (Lipinski definition) is 4. The van der Waals surface area contributed by atoms with Crippen molar-refractivity contribution in [1.29, 1.82) is 21.6 Å². The molecule has 9 heteroatoms. The van der Waals surface area contributed by atoms with E-state index >= 15 is 0 Å². The minimum Gasteiger partial charge on any atom is -0.248 e. The average Bonchev–Trinajstić information content (AvgIpc) is 1.92. The third-order valence-electron chi connectivity index (χ3n) is 0. The van der Waals surface area contributed by atoms with Crippen molar-refractivity contribution in [2.75, 3.05) is 0 Å². The molecule has 0 aromatic heterocycles. The minimum atomic E-state index is 0. The highest BCUT2D eigenvalue weighted by atomic mass is 32.1. The summed E-state index contributed by atoms with van der Waals surface area (Å²) in [5.41, 5.74) is 0. The second-order valence-electron chi connectivity index (χ2n) is 0.408. The van der Waals surface area contributed by atoms with Crippen molar-refractivity contribution in [2.24, 2.45) is 0 Å². The Hall–Kier alpha value is -0.583. The summed E-state index contributed by atoms with van der Waals surface area (Å²) in [6.45, 7) is 0. The van der Waals surface area contributed by atoms with E-state index in [-0.39, 0.29) is 11.0 Å². The lowest BCUT2D eigenvalue weighted by Gasteiger charge is -1.05. The second-order valence-corrected chi connectivity index (χ2v) is 1.22. The second kappa shape index (κ2) is 106. The van der Waals surface area contributed by atoms with E-state index in [0.717, 1.165) is 0 Å². The van der Waals surface area contributed by atoms with Gasteiger partial charge in [0.05, 0.1) is 20.6 Å². The van der Waals surface area contributed by atoms with Crippen LogP contribution in [0.2, 0.25) is 0 Å². The standard InChI is InChI=1S/4CHNS.Si/c4*2-1-3;/h4*2H;. The Balaban J connectivity index is -0.0000000213. The molecule has 0 unspecified atom stereocenters. The van der Waals surface area contributed by atoms with Crippen LogP contribution in [0.3, 0.4) is 0 Å². The van der Waals surface area contributed by atoms with Crippen molar-refractivity contribution in [3.05, 3.63) is 0 Å². The minimum absolute atomic E-state index is 0. The first-order chi connectivity index (χ1) is 5.66. The normalized spacial score (nSPS) is 2.46. The molecule has 0 aromatic carbocycles. The number of isothiocyanates is 4. The fourth-order valence-corrected chi connectivity index (χ4v) is 0. The summed E-state index contributed by atoms with van der Waals surface area (Å²) in [4.78, 5) is 0. The van der Waals surface area contributed by atoms with Gasteiger partial charge in [0.1, 0.15) is 0 Å². The van der Waals surface area contributed by atoms with E-state index in [4.69, 9.17) is 21.6 Å². The molecule has 0 heterocycles. The van der Waals surface area contributed by atoms with E-state index in [9.17, 15) is 0 Å². The number of nitrogens with one attached hydrogen (secondary N) is 4. The molecule has 0 amide bonds. The molecule has 4 radical (unpaired) electrons. The van der Waals surface area contributed by atoms with Gasteiger partial charge in [-0.2, -0.15) is 0 Å². The maximum absolute atomic E-state index is 5.77. The molecule has 0 aliphatic carbocycles. The summed E-state index contributed by atoms with van der Waals surface area (Å²) in [7, 11) is 0. The van der Waals surface area contributed by atoms with Crippen LogP contribution in [-0.4, -0.2) is 31.6 Å². The molecular weight excluding hydrogens is 260 g/mol. The Labute approximate surface area is 102 Å². The molecule has 13 heavy (non-hydrogen) atoms. The van der Waals surface area contributed by atoms with Gasteiger partial charge in [0.15, 0.2) is 0 Å². The van der Waals surface area contributed by atoms with Crippen LogP contribution in [0.15, 0.2) is 0 Å². The van der Waals surface area contributed by atoms with E-state index in [1.807, 2.05) is 0 Å². The van der Waals surface area contributed by atoms with Crippen molar-refractivity contribution in [1.82, 2.24) is 0 Å². The van der Waals surface area contributed by atoms with Gasteiger partial charge in [-0.05, 0) is 48.9 Å². The summed E-state index contributed by atoms with van der Waals surface area (Å²) in [5.74, 6) is 0. The highest BCUT2D eigenvalue weighted by molar-refractivity contribution is 7.78. The molecule has 0 saturated heterocycles. The number of hydrogen-bond acceptors (Lipinski definition) is 8. The molecule has 0 atom stereocenters. The zero-order valence-corrected chi connectivity index (χ0v) is 10.4. The van der Waals surface area contributed by atoms with E-state index in [0.29, 0.717) is 0 Å². The molecule has 0 aliphatic heterocycles. The van der Waals surface area contributed by atoms with Gasteiger partial charge in [-0.1, -0.05) is 0 Å². The summed E-state index contributed by atoms with van der Waals surface area (Å²) < 4.78 is 0. The quantitative estimate of drug-likeness (QED) is 0.307. The van der Waals surface area contributed by atoms with Gasteiger partial charge in [0.25, 0.3) is 0 Å². The summed E-state index contributed by atoms with van der Waals surface area (Å²) in [6.07, 6.45) is 0. The van der Waals surface area contributed by atoms with Gasteiger partial charge in [0.2, 0.25) is 0 Å². The predicted octanol–water partition coefficient (Wildman–Crippen LogP) is 2.29. The highest BCUT2D eigenvalue weighted by Gasteiger charge is 0.983. The lowest BCUT2D eigenvalue weighted by Crippen LogP contribution is -1.03. The van der Waals surface area contributed by atoms with Gasteiger partial charge in [-0.15, -0.1) is 0 Å². The number of rotatable bonds is 0. The summed E-state index contributed by atoms with van der Waals surface area (Å²) >= 11 is 15.2. The molecule has 0 aromatic rings. The van der Waals surface area contributed by atoms with Crippen LogP contribution < -0.4 is 0 Å². The Morgan fingerprint density at radius 3 is 0.538 bits per heavy atom. The maximum Gasteiger partial charge on any atom is 0.0554 e. The van der Waals surface area contributed by atoms with Gasteiger partial charge >= 0.3 is 0 Å². The zero-order valence-electron chi connectivity index (χ0n) is 6.13. The van der Waals surface area contributed by atoms with E-state index in [1.165, 1.54) is 0 Å². The van der Waals surface area contributed by atoms with Crippen LogP contribution in [0.1, 0.15) is 0 Å². The van der Waals surface area contributed by atoms with Crippen LogP contribution in [0.4, 0.5) is 0 Å². The van der Waals surface area contributed by atoms with Gasteiger partial charge < -0.3 is 0 Å². The SMILES string of the molecule is N=C=S.N=C=S.N=C=S.N=C=S.[Si]. The molecule has 4 N–H and O–H groups in total. The molecule has 0 rings (SSSR count). The number of thiocarbonyl (C=S) groups is 4. The Kier molecular flexibility index (Phi) is 240. The zero-order chi connectivity index (χ0) is 10.8. The van der Waals surface area contributed by atoms with E-state index in [1.54, 1.807) is 20.6 Å². The van der Waals surface area contributed by atoms with Crippen molar-refractivity contribution >= 4 is 80.5 Å². The first-order valence-electron chi connectivity index (χ1n) is 1.82. The lowest BCUT2D eigenvalue weighted by molar-refractivity contribution is 1.61. The highest BCUT2D eigenvalue weighted by Crippen LogP contribution is 1.17. The Morgan fingerprint density at radius 2 is 0.538 bits per heavy atom. The van der Waals surface area contributed by atoms with E-state index < -0.39 is 0 Å². The Bertz CT molecular complexity index is 156. The molecule has 0 spiro atoms. The maximum atomic E-state index is 5.77. The lowest BCUT2D eigenvalue weighted by atomic mass is 11.8. The van der Waals surface area contributed by atoms with Crippen LogP contribution >= 0.6 is 48.9 Å². The fourth-order valence-electron chi connectivity index (χ4n) is 0. The third-order valence-corrected chi connectivity index (χ3v) is 0. The predicted molar refractivity (Wildman–Crippen MR) is 67.0 cm³/mol. The summed E-state index contributed by atoms with van der Waals surface area (Å²) in [5, 5.41) is 29.4. The first kappa shape index (κ1) is 29.4. The van der Waals surface area contributed by atoms with Crippen LogP contribution in [0.5, 0.6) is 0 Å². The smallest absolute Gasteiger partial charge is 0.0554 e.